The number of carbonyl (C=O) groups excluding carboxylic acids is 3. The molecule has 1 heterocycles. The first-order valence-electron chi connectivity index (χ1n) is 34.2. The Labute approximate surface area is 539 Å². The Morgan fingerprint density at radius 2 is 0.544 bits per heavy atom. The van der Waals surface area contributed by atoms with Crippen LogP contribution in [0.4, 0.5) is 17.1 Å². The van der Waals surface area contributed by atoms with E-state index in [1.165, 1.54) is 77.0 Å². The van der Waals surface area contributed by atoms with Crippen molar-refractivity contribution < 1.29 is 42.8 Å². The van der Waals surface area contributed by atoms with Crippen LogP contribution in [0.3, 0.4) is 0 Å². The summed E-state index contributed by atoms with van der Waals surface area (Å²) in [7, 11) is 0. The molecule has 6 aromatic rings. The highest BCUT2D eigenvalue weighted by Crippen LogP contribution is 2.40. The van der Waals surface area contributed by atoms with Crippen LogP contribution in [0.2, 0.25) is 0 Å². The minimum Gasteiger partial charge on any atom is -0.494 e. The maximum atomic E-state index is 16.1. The molecule has 486 valence electrons. The van der Waals surface area contributed by atoms with Crippen LogP contribution < -0.4 is 43.1 Å². The van der Waals surface area contributed by atoms with Crippen molar-refractivity contribution >= 4 is 34.8 Å². The van der Waals surface area contributed by atoms with Crippen LogP contribution in [0.1, 0.15) is 226 Å². The predicted molar refractivity (Wildman–Crippen MR) is 368 cm³/mol. The van der Waals surface area contributed by atoms with Gasteiger partial charge in [-0.1, -0.05) is 195 Å². The van der Waals surface area contributed by atoms with Crippen LogP contribution >= 0.6 is 0 Å². The highest BCUT2D eigenvalue weighted by atomic mass is 16.5. The van der Waals surface area contributed by atoms with Gasteiger partial charge < -0.3 is 43.1 Å². The van der Waals surface area contributed by atoms with Crippen molar-refractivity contribution in [3.8, 4) is 34.5 Å². The third-order valence-electron chi connectivity index (χ3n) is 16.0. The van der Waals surface area contributed by atoms with Crippen LogP contribution in [-0.4, -0.2) is 57.4 Å². The Hall–Kier alpha value is -7.47. The minimum atomic E-state index is -0.371. The van der Waals surface area contributed by atoms with Gasteiger partial charge in [0.05, 0.1) is 76.3 Å². The van der Waals surface area contributed by atoms with Crippen molar-refractivity contribution in [3.05, 3.63) is 161 Å². The second-order valence-electron chi connectivity index (χ2n) is 25.6. The Morgan fingerprint density at radius 1 is 0.300 bits per heavy atom. The Balaban J connectivity index is 1.38. The van der Waals surface area contributed by atoms with Crippen LogP contribution in [0.15, 0.2) is 127 Å². The lowest BCUT2D eigenvalue weighted by Crippen LogP contribution is -2.33. The molecule has 12 heteroatoms. The largest absolute Gasteiger partial charge is 0.494 e. The van der Waals surface area contributed by atoms with E-state index in [1.54, 1.807) is 69.3 Å². The van der Waals surface area contributed by atoms with Crippen molar-refractivity contribution in [2.45, 2.75) is 198 Å². The van der Waals surface area contributed by atoms with Gasteiger partial charge in [-0.05, 0) is 145 Å². The van der Waals surface area contributed by atoms with Gasteiger partial charge in [0.2, 0.25) is 0 Å². The second kappa shape index (κ2) is 37.6. The lowest BCUT2D eigenvalue weighted by Gasteiger charge is -2.29. The molecule has 0 aromatic heterocycles. The number of amides is 3. The first kappa shape index (κ1) is 70.0. The van der Waals surface area contributed by atoms with Gasteiger partial charge in [-0.2, -0.15) is 0 Å². The van der Waals surface area contributed by atoms with Crippen LogP contribution in [0.5, 0.6) is 34.5 Å². The fourth-order valence-corrected chi connectivity index (χ4v) is 10.8. The van der Waals surface area contributed by atoms with Gasteiger partial charge in [0.1, 0.15) is 34.5 Å². The molecule has 3 amide bonds. The van der Waals surface area contributed by atoms with Crippen molar-refractivity contribution in [2.75, 3.05) is 54.3 Å². The molecule has 1 aliphatic rings. The topological polar surface area (TPSA) is 116 Å². The first-order chi connectivity index (χ1) is 43.7. The summed E-state index contributed by atoms with van der Waals surface area (Å²) in [6.07, 6.45) is 21.0. The summed E-state index contributed by atoms with van der Waals surface area (Å²) in [4.78, 5) is 53.2. The number of unbranched alkanes of at least 4 members (excludes halogenated alkanes) is 15. The number of fused-ring (bicyclic) bond motifs is 6. The average Bonchev–Trinajstić information content (AvgIpc) is 1.17. The zero-order chi connectivity index (χ0) is 64.0. The zero-order valence-electron chi connectivity index (χ0n) is 56.0. The summed E-state index contributed by atoms with van der Waals surface area (Å²) in [5, 5.41) is 0. The summed E-state index contributed by atoms with van der Waals surface area (Å²) < 4.78 is 38.7. The smallest absolute Gasteiger partial charge is 0.258 e. The normalized spacial score (nSPS) is 12.7. The third kappa shape index (κ3) is 22.2. The molecule has 0 saturated carbocycles. The molecule has 6 bridgehead atoms. The van der Waals surface area contributed by atoms with Gasteiger partial charge in [-0.15, -0.1) is 0 Å². The Kier molecular flexibility index (Phi) is 29.3. The maximum absolute atomic E-state index is 16.1. The van der Waals surface area contributed by atoms with E-state index in [2.05, 4.69) is 62.3 Å². The molecule has 6 aromatic carbocycles. The maximum Gasteiger partial charge on any atom is 0.258 e. The average molecular weight is 1230 g/mol. The van der Waals surface area contributed by atoms with Gasteiger partial charge in [-0.25, -0.2) is 0 Å². The molecule has 0 radical (unpaired) electrons. The number of hydrogen-bond donors (Lipinski definition) is 0. The SMILES string of the molecule is CCCCCCCCOc1ccc(CN2C(=O)c3ccc(OCC(C)C)c(c3)N(Cc3ccc(OCCCCCCCC)cc3)C(=O)c3ccc(OCC(C)C)c(c3)N(Cc3ccc(OCCCCCCCC)cc3)C(=O)c3ccc(OCC(C)C)c2c3)cc1. The highest BCUT2D eigenvalue weighted by molar-refractivity contribution is 6.13. The first-order valence-corrected chi connectivity index (χ1v) is 34.2. The highest BCUT2D eigenvalue weighted by Gasteiger charge is 2.32. The summed E-state index contributed by atoms with van der Waals surface area (Å²) >= 11 is 0. The molecule has 0 N–H and O–H groups in total. The molecule has 0 saturated heterocycles. The molecular formula is C78H105N3O9. The monoisotopic (exact) mass is 1230 g/mol. The molecule has 0 aliphatic carbocycles. The molecule has 0 fully saturated rings. The third-order valence-corrected chi connectivity index (χ3v) is 16.0. The number of rotatable bonds is 39. The number of benzene rings is 6. The summed E-state index contributed by atoms with van der Waals surface area (Å²) in [6.45, 7) is 22.4. The lowest BCUT2D eigenvalue weighted by molar-refractivity contribution is 0.0973. The van der Waals surface area contributed by atoms with Crippen LogP contribution in [0.25, 0.3) is 0 Å². The molecule has 1 aliphatic heterocycles. The van der Waals surface area contributed by atoms with E-state index in [4.69, 9.17) is 28.4 Å². The van der Waals surface area contributed by atoms with Gasteiger partial charge in [0.25, 0.3) is 17.7 Å². The van der Waals surface area contributed by atoms with Gasteiger partial charge in [-0.3, -0.25) is 14.4 Å². The quantitative estimate of drug-likeness (QED) is 0.0348. The van der Waals surface area contributed by atoms with Gasteiger partial charge >= 0.3 is 0 Å². The molecule has 12 nitrogen and oxygen atoms in total. The van der Waals surface area contributed by atoms with Gasteiger partial charge in [0, 0.05) is 16.7 Å². The van der Waals surface area contributed by atoms with E-state index in [0.717, 1.165) is 72.5 Å². The van der Waals surface area contributed by atoms with Crippen molar-refractivity contribution in [1.82, 2.24) is 0 Å². The van der Waals surface area contributed by atoms with E-state index < -0.39 is 0 Å². The summed E-state index contributed by atoms with van der Waals surface area (Å²) in [5.74, 6) is 2.90. The van der Waals surface area contributed by atoms with E-state index in [9.17, 15) is 0 Å². The van der Waals surface area contributed by atoms with Crippen molar-refractivity contribution in [3.63, 3.8) is 0 Å². The Morgan fingerprint density at radius 3 is 0.789 bits per heavy atom. The zero-order valence-corrected chi connectivity index (χ0v) is 56.0. The van der Waals surface area contributed by atoms with E-state index in [1.807, 2.05) is 72.8 Å². The standard InChI is InChI=1S/C78H105N3O9/c1-10-13-16-19-22-25-46-85-67-37-28-61(29-38-67)52-79-70-49-65(35-43-73(70)88-55-58(4)5)77(83)81(54-63-32-41-69(42-33-63)87-48-27-24-21-18-15-12-3)72-51-66(36-45-75(72)90-57-60(8)9)78(84)80(71-50-64(76(79)82)34-44-74(71)89-56-59(6)7)53-62-30-39-68(40-31-62)86-47-26-23-20-17-14-11-2/h28-45,49-51,58-60H,10-27,46-48,52-57H2,1-9H3. The van der Waals surface area contributed by atoms with Crippen LogP contribution in [-0.2, 0) is 19.6 Å². The summed E-state index contributed by atoms with van der Waals surface area (Å²) in [6, 6.07) is 39.7. The fourth-order valence-electron chi connectivity index (χ4n) is 10.8. The minimum absolute atomic E-state index is 0.105. The van der Waals surface area contributed by atoms with Crippen molar-refractivity contribution in [1.29, 1.82) is 0 Å². The number of nitrogens with zero attached hydrogens (tertiary/aromatic N) is 3. The molecular weight excluding hydrogens is 1120 g/mol. The number of ether oxygens (including phenoxy) is 6. The van der Waals surface area contributed by atoms with Crippen molar-refractivity contribution in [2.24, 2.45) is 17.8 Å². The molecule has 0 atom stereocenters. The molecule has 7 rings (SSSR count). The second-order valence-corrected chi connectivity index (χ2v) is 25.6. The molecule has 0 spiro atoms. The number of anilines is 3. The van der Waals surface area contributed by atoms with E-state index in [0.29, 0.717) is 90.6 Å². The predicted octanol–water partition coefficient (Wildman–Crippen LogP) is 19.9. The number of carbonyl (C=O) groups is 3. The van der Waals surface area contributed by atoms with E-state index >= 15 is 14.4 Å². The van der Waals surface area contributed by atoms with Gasteiger partial charge in [0.15, 0.2) is 0 Å². The lowest BCUT2D eigenvalue weighted by atomic mass is 10.1. The van der Waals surface area contributed by atoms with E-state index in [-0.39, 0.29) is 55.1 Å². The molecule has 0 unspecified atom stereocenters. The van der Waals surface area contributed by atoms with Crippen LogP contribution in [0, 0.1) is 17.8 Å². The fraction of sp³-hybridized carbons (Fsp3) is 0.500. The Bertz CT molecular complexity index is 2770. The number of hydrogen-bond acceptors (Lipinski definition) is 9. The summed E-state index contributed by atoms with van der Waals surface area (Å²) in [5.41, 5.74) is 4.64. The molecule has 90 heavy (non-hydrogen) atoms.